The van der Waals surface area contributed by atoms with Gasteiger partial charge in [0.05, 0.1) is 0 Å². The quantitative estimate of drug-likeness (QED) is 0.184. The zero-order valence-electron chi connectivity index (χ0n) is 16.7. The van der Waals surface area contributed by atoms with Gasteiger partial charge in [0.2, 0.25) is 5.91 Å². The van der Waals surface area contributed by atoms with E-state index in [1.165, 1.54) is 77.0 Å². The molecule has 0 bridgehead atoms. The number of unbranched alkanes of at least 4 members (excludes halogenated alkanes) is 12. The molecule has 0 spiro atoms. The number of carbonyl (C=O) groups excluding carboxylic acids is 1. The predicted octanol–water partition coefficient (Wildman–Crippen LogP) is 5.78. The first-order valence-electron chi connectivity index (χ1n) is 10.5. The maximum absolute atomic E-state index is 11.2. The van der Waals surface area contributed by atoms with Crippen LogP contribution in [0.4, 0.5) is 0 Å². The lowest BCUT2D eigenvalue weighted by molar-refractivity contribution is -0.131. The second-order valence-corrected chi connectivity index (χ2v) is 6.90. The van der Waals surface area contributed by atoms with Gasteiger partial charge in [-0.05, 0) is 32.1 Å². The average Bonchev–Trinajstić information content (AvgIpc) is 2.62. The molecule has 0 saturated heterocycles. The molecule has 0 saturated carbocycles. The summed E-state index contributed by atoms with van der Waals surface area (Å²) in [7, 11) is 0. The van der Waals surface area contributed by atoms with Gasteiger partial charge in [0.15, 0.2) is 0 Å². The van der Waals surface area contributed by atoms with Crippen molar-refractivity contribution in [1.29, 1.82) is 0 Å². The molecule has 0 aliphatic rings. The standard InChI is InChI=1S/C22H39NO3/c1-2-3-4-5-6-7-8-9-10-11-12-13-14-15-16-17-20-23-21(24)18-19-22(25)26/h9-10,18-19H,2-8,11-17,20H2,1H3,(H,23,24)(H,25,26)/b10-9-,19-18-. The molecule has 4 nitrogen and oxygen atoms in total. The second kappa shape index (κ2) is 19.7. The third kappa shape index (κ3) is 20.5. The lowest BCUT2D eigenvalue weighted by Gasteiger charge is -2.02. The SMILES string of the molecule is CCCCCCCC/C=C\CCCCCCCCNC(=O)/C=C\C(=O)O. The number of aliphatic carboxylic acids is 1. The average molecular weight is 366 g/mol. The minimum atomic E-state index is -1.10. The Hall–Kier alpha value is -1.58. The first-order valence-corrected chi connectivity index (χ1v) is 10.5. The molecule has 0 aromatic carbocycles. The fourth-order valence-electron chi connectivity index (χ4n) is 2.79. The van der Waals surface area contributed by atoms with Crippen molar-refractivity contribution in [3.63, 3.8) is 0 Å². The van der Waals surface area contributed by atoms with Gasteiger partial charge in [0, 0.05) is 18.7 Å². The molecular weight excluding hydrogens is 326 g/mol. The molecule has 1 amide bonds. The highest BCUT2D eigenvalue weighted by molar-refractivity contribution is 5.93. The minimum absolute atomic E-state index is 0.333. The fourth-order valence-corrected chi connectivity index (χ4v) is 2.79. The smallest absolute Gasteiger partial charge is 0.328 e. The van der Waals surface area contributed by atoms with E-state index in [1.54, 1.807) is 0 Å². The summed E-state index contributed by atoms with van der Waals surface area (Å²) in [6, 6.07) is 0. The van der Waals surface area contributed by atoms with Gasteiger partial charge in [-0.15, -0.1) is 0 Å². The molecule has 0 heterocycles. The normalized spacial score (nSPS) is 11.4. The van der Waals surface area contributed by atoms with Gasteiger partial charge in [-0.3, -0.25) is 4.79 Å². The van der Waals surface area contributed by atoms with Crippen molar-refractivity contribution < 1.29 is 14.7 Å². The van der Waals surface area contributed by atoms with Gasteiger partial charge in [0.1, 0.15) is 0 Å². The molecule has 0 atom stereocenters. The van der Waals surface area contributed by atoms with Gasteiger partial charge in [0.25, 0.3) is 0 Å². The zero-order valence-corrected chi connectivity index (χ0v) is 16.7. The second-order valence-electron chi connectivity index (χ2n) is 6.90. The van der Waals surface area contributed by atoms with Crippen LogP contribution in [0.2, 0.25) is 0 Å². The van der Waals surface area contributed by atoms with Crippen LogP contribution in [-0.2, 0) is 9.59 Å². The van der Waals surface area contributed by atoms with Crippen LogP contribution in [0.3, 0.4) is 0 Å². The number of carboxylic acid groups (broad SMARTS) is 1. The molecule has 4 heteroatoms. The molecule has 0 rings (SSSR count). The summed E-state index contributed by atoms with van der Waals surface area (Å²) < 4.78 is 0. The van der Waals surface area contributed by atoms with Crippen LogP contribution in [0.15, 0.2) is 24.3 Å². The van der Waals surface area contributed by atoms with Crippen molar-refractivity contribution in [3.05, 3.63) is 24.3 Å². The highest BCUT2D eigenvalue weighted by Crippen LogP contribution is 2.09. The molecule has 0 unspecified atom stereocenters. The van der Waals surface area contributed by atoms with E-state index >= 15 is 0 Å². The van der Waals surface area contributed by atoms with E-state index in [0.29, 0.717) is 6.54 Å². The molecule has 26 heavy (non-hydrogen) atoms. The maximum atomic E-state index is 11.2. The van der Waals surface area contributed by atoms with Gasteiger partial charge in [-0.25, -0.2) is 4.79 Å². The molecule has 0 aliphatic heterocycles. The third-order valence-electron chi connectivity index (χ3n) is 4.37. The van der Waals surface area contributed by atoms with Crippen LogP contribution < -0.4 is 5.32 Å². The Morgan fingerprint density at radius 2 is 1.23 bits per heavy atom. The van der Waals surface area contributed by atoms with E-state index < -0.39 is 5.97 Å². The Kier molecular flexibility index (Phi) is 18.5. The Morgan fingerprint density at radius 1 is 0.731 bits per heavy atom. The first-order chi connectivity index (χ1) is 12.7. The number of carboxylic acids is 1. The molecule has 0 fully saturated rings. The van der Waals surface area contributed by atoms with Crippen molar-refractivity contribution in [1.82, 2.24) is 5.32 Å². The topological polar surface area (TPSA) is 66.4 Å². The number of rotatable bonds is 18. The van der Waals surface area contributed by atoms with Crippen LogP contribution in [0.25, 0.3) is 0 Å². The zero-order chi connectivity index (χ0) is 19.3. The van der Waals surface area contributed by atoms with E-state index in [1.807, 2.05) is 0 Å². The minimum Gasteiger partial charge on any atom is -0.478 e. The summed E-state index contributed by atoms with van der Waals surface area (Å²) in [4.78, 5) is 21.5. The summed E-state index contributed by atoms with van der Waals surface area (Å²) in [6.07, 6.45) is 24.3. The summed E-state index contributed by atoms with van der Waals surface area (Å²) in [5.74, 6) is -1.43. The van der Waals surface area contributed by atoms with E-state index in [4.69, 9.17) is 5.11 Å². The van der Waals surface area contributed by atoms with Crippen molar-refractivity contribution in [2.45, 2.75) is 96.8 Å². The number of allylic oxidation sites excluding steroid dienone is 2. The molecule has 0 radical (unpaired) electrons. The lowest BCUT2D eigenvalue weighted by atomic mass is 10.1. The van der Waals surface area contributed by atoms with Crippen LogP contribution in [0.1, 0.15) is 96.8 Å². The van der Waals surface area contributed by atoms with Crippen molar-refractivity contribution in [2.24, 2.45) is 0 Å². The van der Waals surface area contributed by atoms with Crippen molar-refractivity contribution in [3.8, 4) is 0 Å². The molecule has 0 aliphatic carbocycles. The summed E-state index contributed by atoms with van der Waals surface area (Å²) in [5.41, 5.74) is 0. The van der Waals surface area contributed by atoms with E-state index in [2.05, 4.69) is 24.4 Å². The fraction of sp³-hybridized carbons (Fsp3) is 0.727. The number of hydrogen-bond acceptors (Lipinski definition) is 2. The van der Waals surface area contributed by atoms with Gasteiger partial charge in [-0.1, -0.05) is 76.9 Å². The summed E-state index contributed by atoms with van der Waals surface area (Å²) in [5, 5.41) is 11.1. The van der Waals surface area contributed by atoms with Crippen LogP contribution in [0.5, 0.6) is 0 Å². The Labute approximate surface area is 160 Å². The van der Waals surface area contributed by atoms with Crippen LogP contribution in [-0.4, -0.2) is 23.5 Å². The Balaban J connectivity index is 3.23. The molecule has 150 valence electrons. The monoisotopic (exact) mass is 365 g/mol. The van der Waals surface area contributed by atoms with E-state index in [9.17, 15) is 9.59 Å². The van der Waals surface area contributed by atoms with Crippen molar-refractivity contribution >= 4 is 11.9 Å². The largest absolute Gasteiger partial charge is 0.478 e. The predicted molar refractivity (Wildman–Crippen MR) is 109 cm³/mol. The molecule has 0 aromatic rings. The molecule has 0 aromatic heterocycles. The maximum Gasteiger partial charge on any atom is 0.328 e. The molecule has 2 N–H and O–H groups in total. The van der Waals surface area contributed by atoms with E-state index in [0.717, 1.165) is 25.0 Å². The van der Waals surface area contributed by atoms with Crippen LogP contribution in [0, 0.1) is 0 Å². The summed E-state index contributed by atoms with van der Waals surface area (Å²) in [6.45, 7) is 2.87. The number of amides is 1. The number of nitrogens with one attached hydrogen (secondary N) is 1. The highest BCUT2D eigenvalue weighted by atomic mass is 16.4. The van der Waals surface area contributed by atoms with Crippen LogP contribution >= 0.6 is 0 Å². The Bertz CT molecular complexity index is 402. The summed E-state index contributed by atoms with van der Waals surface area (Å²) >= 11 is 0. The van der Waals surface area contributed by atoms with E-state index in [-0.39, 0.29) is 5.91 Å². The lowest BCUT2D eigenvalue weighted by Crippen LogP contribution is -2.22. The van der Waals surface area contributed by atoms with Crippen molar-refractivity contribution in [2.75, 3.05) is 6.54 Å². The van der Waals surface area contributed by atoms with Gasteiger partial charge in [-0.2, -0.15) is 0 Å². The van der Waals surface area contributed by atoms with Gasteiger partial charge < -0.3 is 10.4 Å². The highest BCUT2D eigenvalue weighted by Gasteiger charge is 1.96. The number of hydrogen-bond donors (Lipinski definition) is 2. The first kappa shape index (κ1) is 24.4. The third-order valence-corrected chi connectivity index (χ3v) is 4.37. The molecular formula is C22H39NO3. The number of carbonyl (C=O) groups is 2. The van der Waals surface area contributed by atoms with Gasteiger partial charge >= 0.3 is 5.97 Å². The Morgan fingerprint density at radius 3 is 1.77 bits per heavy atom.